The number of benzene rings is 1. The van der Waals surface area contributed by atoms with Crippen molar-refractivity contribution in [1.29, 1.82) is 0 Å². The van der Waals surface area contributed by atoms with Gasteiger partial charge in [0, 0.05) is 19.9 Å². The minimum Gasteiger partial charge on any atom is -0.496 e. The van der Waals surface area contributed by atoms with Crippen molar-refractivity contribution >= 4 is 50.5 Å². The molecule has 0 spiro atoms. The smallest absolute Gasteiger partial charge is 0.124 e. The third-order valence-corrected chi connectivity index (χ3v) is 5.51. The Kier molecular flexibility index (Phi) is 5.15. The fourth-order valence-corrected chi connectivity index (χ4v) is 3.93. The third kappa shape index (κ3) is 3.26. The van der Waals surface area contributed by atoms with Crippen molar-refractivity contribution in [1.82, 2.24) is 5.32 Å². The summed E-state index contributed by atoms with van der Waals surface area (Å²) >= 11 is 17.1. The van der Waals surface area contributed by atoms with Crippen LogP contribution in [-0.2, 0) is 0 Å². The van der Waals surface area contributed by atoms with Crippen LogP contribution >= 0.6 is 50.5 Å². The van der Waals surface area contributed by atoms with E-state index in [0.29, 0.717) is 5.02 Å². The number of hydrogen-bond donors (Lipinski definition) is 1. The van der Waals surface area contributed by atoms with Crippen LogP contribution in [0.3, 0.4) is 0 Å². The molecule has 1 N–H and O–H groups in total. The van der Waals surface area contributed by atoms with Crippen molar-refractivity contribution < 1.29 is 4.74 Å². The number of rotatable bonds is 4. The van der Waals surface area contributed by atoms with E-state index in [4.69, 9.17) is 27.9 Å². The number of ether oxygens (including phenoxy) is 1. The van der Waals surface area contributed by atoms with Gasteiger partial charge < -0.3 is 10.1 Å². The molecule has 2 nitrogen and oxygen atoms in total. The van der Waals surface area contributed by atoms with Crippen molar-refractivity contribution in [3.05, 3.63) is 48.5 Å². The monoisotopic (exact) mass is 379 g/mol. The van der Waals surface area contributed by atoms with Crippen LogP contribution in [0, 0.1) is 0 Å². The average molecular weight is 381 g/mol. The van der Waals surface area contributed by atoms with Crippen LogP contribution in [-0.4, -0.2) is 14.2 Å². The molecule has 1 heterocycles. The zero-order chi connectivity index (χ0) is 14.0. The van der Waals surface area contributed by atoms with Gasteiger partial charge in [-0.2, -0.15) is 0 Å². The molecule has 102 valence electrons. The van der Waals surface area contributed by atoms with Crippen LogP contribution in [0.25, 0.3) is 0 Å². The molecule has 0 bridgehead atoms. The van der Waals surface area contributed by atoms with Gasteiger partial charge in [0.2, 0.25) is 0 Å². The maximum Gasteiger partial charge on any atom is 0.124 e. The first kappa shape index (κ1) is 15.1. The Morgan fingerprint density at radius 2 is 2.05 bits per heavy atom. The minimum absolute atomic E-state index is 0.0116. The van der Waals surface area contributed by atoms with Gasteiger partial charge in [-0.05, 0) is 47.2 Å². The van der Waals surface area contributed by atoms with Crippen LogP contribution in [0.1, 0.15) is 16.5 Å². The molecule has 2 aromatic rings. The number of thiophene rings is 1. The van der Waals surface area contributed by atoms with Gasteiger partial charge in [0.1, 0.15) is 10.1 Å². The van der Waals surface area contributed by atoms with Crippen molar-refractivity contribution in [3.63, 3.8) is 0 Å². The fourth-order valence-electron chi connectivity index (χ4n) is 1.89. The van der Waals surface area contributed by atoms with E-state index < -0.39 is 0 Å². The normalized spacial score (nSPS) is 12.5. The summed E-state index contributed by atoms with van der Waals surface area (Å²) in [6.07, 6.45) is 0. The quantitative estimate of drug-likeness (QED) is 0.793. The molecule has 19 heavy (non-hydrogen) atoms. The summed E-state index contributed by atoms with van der Waals surface area (Å²) in [6.45, 7) is 0. The van der Waals surface area contributed by atoms with E-state index in [1.807, 2.05) is 31.3 Å². The Hall–Kier alpha value is -0.260. The van der Waals surface area contributed by atoms with E-state index in [0.717, 1.165) is 25.0 Å². The Labute approximate surface area is 134 Å². The van der Waals surface area contributed by atoms with Crippen LogP contribution in [0.5, 0.6) is 5.75 Å². The average Bonchev–Trinajstić information content (AvgIpc) is 2.70. The molecular weight excluding hydrogens is 369 g/mol. The summed E-state index contributed by atoms with van der Waals surface area (Å²) in [5, 5.41) is 3.95. The van der Waals surface area contributed by atoms with Gasteiger partial charge in [-0.1, -0.05) is 23.2 Å². The molecule has 6 heteroatoms. The zero-order valence-corrected chi connectivity index (χ0v) is 14.3. The number of methoxy groups -OCH3 is 1. The number of halogens is 3. The van der Waals surface area contributed by atoms with E-state index >= 15 is 0 Å². The molecule has 2 rings (SSSR count). The highest BCUT2D eigenvalue weighted by Gasteiger charge is 2.20. The summed E-state index contributed by atoms with van der Waals surface area (Å²) in [4.78, 5) is 1.10. The van der Waals surface area contributed by atoms with Gasteiger partial charge >= 0.3 is 0 Å². The molecule has 0 aliphatic rings. The second kappa shape index (κ2) is 6.46. The molecule has 0 aliphatic carbocycles. The van der Waals surface area contributed by atoms with Crippen LogP contribution < -0.4 is 10.1 Å². The second-order valence-corrected chi connectivity index (χ2v) is 6.85. The summed E-state index contributed by atoms with van der Waals surface area (Å²) in [5.41, 5.74) is 0.989. The molecule has 0 saturated carbocycles. The summed E-state index contributed by atoms with van der Waals surface area (Å²) in [6, 6.07) is 7.58. The van der Waals surface area contributed by atoms with Gasteiger partial charge in [-0.15, -0.1) is 11.3 Å². The van der Waals surface area contributed by atoms with Gasteiger partial charge in [-0.3, -0.25) is 0 Å². The molecule has 1 atom stereocenters. The SMILES string of the molecule is CNC(c1cc(Br)c(Cl)s1)c1cc(Cl)ccc1OC. The Morgan fingerprint density at radius 3 is 2.58 bits per heavy atom. The minimum atomic E-state index is -0.0116. The van der Waals surface area contributed by atoms with Gasteiger partial charge in [0.25, 0.3) is 0 Å². The standard InChI is InChI=1S/C13H12BrCl2NOS/c1-17-12(11-6-9(14)13(16)19-11)8-5-7(15)3-4-10(8)18-2/h3-6,12,17H,1-2H3. The number of hydrogen-bond acceptors (Lipinski definition) is 3. The van der Waals surface area contributed by atoms with Crippen LogP contribution in [0.4, 0.5) is 0 Å². The lowest BCUT2D eigenvalue weighted by Gasteiger charge is -2.18. The molecule has 1 aromatic heterocycles. The van der Waals surface area contributed by atoms with Gasteiger partial charge in [0.05, 0.1) is 13.2 Å². The van der Waals surface area contributed by atoms with Crippen molar-refractivity contribution in [2.45, 2.75) is 6.04 Å². The van der Waals surface area contributed by atoms with Gasteiger partial charge in [-0.25, -0.2) is 0 Å². The molecule has 1 unspecified atom stereocenters. The number of nitrogens with one attached hydrogen (secondary N) is 1. The van der Waals surface area contributed by atoms with E-state index in [1.54, 1.807) is 7.11 Å². The topological polar surface area (TPSA) is 21.3 Å². The third-order valence-electron chi connectivity index (χ3n) is 2.74. The zero-order valence-electron chi connectivity index (χ0n) is 10.3. The predicted molar refractivity (Wildman–Crippen MR) is 85.9 cm³/mol. The fraction of sp³-hybridized carbons (Fsp3) is 0.231. The highest BCUT2D eigenvalue weighted by molar-refractivity contribution is 9.10. The lowest BCUT2D eigenvalue weighted by atomic mass is 10.0. The largest absolute Gasteiger partial charge is 0.496 e. The van der Waals surface area contributed by atoms with Crippen molar-refractivity contribution in [2.75, 3.05) is 14.2 Å². The Morgan fingerprint density at radius 1 is 1.32 bits per heavy atom. The maximum atomic E-state index is 6.11. The Bertz CT molecular complexity index is 569. The molecule has 0 amide bonds. The van der Waals surface area contributed by atoms with Crippen LogP contribution in [0.2, 0.25) is 9.36 Å². The molecular formula is C13H12BrCl2NOS. The van der Waals surface area contributed by atoms with Crippen molar-refractivity contribution in [2.24, 2.45) is 0 Å². The highest BCUT2D eigenvalue weighted by atomic mass is 79.9. The van der Waals surface area contributed by atoms with E-state index in [1.165, 1.54) is 11.3 Å². The van der Waals surface area contributed by atoms with E-state index in [-0.39, 0.29) is 6.04 Å². The van der Waals surface area contributed by atoms with Crippen molar-refractivity contribution in [3.8, 4) is 5.75 Å². The van der Waals surface area contributed by atoms with E-state index in [2.05, 4.69) is 21.2 Å². The van der Waals surface area contributed by atoms with Gasteiger partial charge in [0.15, 0.2) is 0 Å². The predicted octanol–water partition coefficient (Wildman–Crippen LogP) is 5.13. The molecule has 1 aromatic carbocycles. The highest BCUT2D eigenvalue weighted by Crippen LogP contribution is 2.40. The summed E-state index contributed by atoms with van der Waals surface area (Å²) in [7, 11) is 3.54. The van der Waals surface area contributed by atoms with Crippen LogP contribution in [0.15, 0.2) is 28.7 Å². The first-order valence-corrected chi connectivity index (χ1v) is 7.88. The molecule has 0 fully saturated rings. The molecule has 0 saturated heterocycles. The van der Waals surface area contributed by atoms with E-state index in [9.17, 15) is 0 Å². The lowest BCUT2D eigenvalue weighted by Crippen LogP contribution is -2.17. The first-order valence-electron chi connectivity index (χ1n) is 5.52. The maximum absolute atomic E-state index is 6.11. The Balaban J connectivity index is 2.50. The molecule has 0 aliphatic heterocycles. The summed E-state index contributed by atoms with van der Waals surface area (Å²) < 4.78 is 7.03. The summed E-state index contributed by atoms with van der Waals surface area (Å²) in [5.74, 6) is 0.796. The second-order valence-electron chi connectivity index (χ2n) is 3.88. The molecule has 0 radical (unpaired) electrons. The lowest BCUT2D eigenvalue weighted by molar-refractivity contribution is 0.405. The first-order chi connectivity index (χ1) is 9.06.